The van der Waals surface area contributed by atoms with Gasteiger partial charge in [0.1, 0.15) is 0 Å². The molecule has 0 aliphatic carbocycles. The van der Waals surface area contributed by atoms with Crippen molar-refractivity contribution in [2.45, 2.75) is 54.9 Å². The molecule has 46 heavy (non-hydrogen) atoms. The Balaban J connectivity index is 1.36. The van der Waals surface area contributed by atoms with Crippen LogP contribution in [0.2, 0.25) is 0 Å². The molecule has 244 valence electrons. The van der Waals surface area contributed by atoms with Gasteiger partial charge < -0.3 is 20.3 Å². The average Bonchev–Trinajstić information content (AvgIpc) is 3.67. The Hall–Kier alpha value is -3.59. The van der Waals surface area contributed by atoms with Crippen LogP contribution in [-0.4, -0.2) is 83.2 Å². The van der Waals surface area contributed by atoms with E-state index in [2.05, 4.69) is 10.3 Å². The van der Waals surface area contributed by atoms with Crippen molar-refractivity contribution >= 4 is 60.9 Å². The highest BCUT2D eigenvalue weighted by Gasteiger charge is 2.39. The number of sulfonamides is 1. The van der Waals surface area contributed by atoms with Crippen LogP contribution in [0, 0.1) is 0 Å². The smallest absolute Gasteiger partial charge is 0.415 e. The van der Waals surface area contributed by atoms with Gasteiger partial charge in [0.25, 0.3) is 5.91 Å². The molecule has 2 amide bonds. The van der Waals surface area contributed by atoms with E-state index in [9.17, 15) is 28.2 Å². The monoisotopic (exact) mass is 686 g/mol. The topological polar surface area (TPSA) is 149 Å². The van der Waals surface area contributed by atoms with Crippen molar-refractivity contribution in [3.8, 4) is 0 Å². The van der Waals surface area contributed by atoms with Gasteiger partial charge in [-0.05, 0) is 61.7 Å². The minimum absolute atomic E-state index is 0.0371. The molecule has 3 N–H and O–H groups in total. The van der Waals surface area contributed by atoms with Crippen LogP contribution in [0.3, 0.4) is 0 Å². The molecule has 0 bridgehead atoms. The first-order valence-electron chi connectivity index (χ1n) is 14.7. The molecule has 5 rings (SSSR count). The van der Waals surface area contributed by atoms with E-state index < -0.39 is 51.8 Å². The lowest BCUT2D eigenvalue weighted by atomic mass is 10.0. The Bertz CT molecular complexity index is 1790. The van der Waals surface area contributed by atoms with Crippen LogP contribution >= 0.6 is 22.9 Å². The highest BCUT2D eigenvalue weighted by Crippen LogP contribution is 2.27. The molecule has 3 aromatic carbocycles. The van der Waals surface area contributed by atoms with Crippen LogP contribution in [0.15, 0.2) is 83.2 Å². The summed E-state index contributed by atoms with van der Waals surface area (Å²) in [7, 11) is -4.10. The molecule has 14 heteroatoms. The standard InChI is InChI=1S/C32H35ClN4O7S2/c1-20(33)16-36(46(42,43)25-11-12-26-30(15-25)45-19-34-26)17-28(39)27(13-22-7-4-3-5-8-22)35-31(40)29-18-37(32(41)44-29)24-10-6-9-23(14-24)21(2)38/h3-12,14-15,19-21,27-29,38-39H,13,16-18H2,1-2H3,(H,35,40)/t20?,21-,27?,28-,29+/m1/s1. The molecule has 1 saturated heterocycles. The number of cyclic esters (lactones) is 1. The van der Waals surface area contributed by atoms with Crippen molar-refractivity contribution in [2.75, 3.05) is 24.5 Å². The predicted octanol–water partition coefficient (Wildman–Crippen LogP) is 4.08. The largest absolute Gasteiger partial charge is 0.434 e. The summed E-state index contributed by atoms with van der Waals surface area (Å²) in [4.78, 5) is 31.8. The number of hydrogen-bond acceptors (Lipinski definition) is 9. The van der Waals surface area contributed by atoms with Crippen molar-refractivity contribution in [3.05, 3.63) is 89.4 Å². The summed E-state index contributed by atoms with van der Waals surface area (Å²) in [5, 5.41) is 23.7. The van der Waals surface area contributed by atoms with E-state index in [0.717, 1.165) is 9.87 Å². The molecule has 2 heterocycles. The SMILES string of the molecule is CC(Cl)CN(C[C@@H](O)C(Cc1ccccc1)NC(=O)[C@@H]1CN(c2cccc([C@@H](C)O)c2)C(=O)O1)S(=O)(=O)c1ccc2ncsc2c1. The van der Waals surface area contributed by atoms with E-state index in [1.807, 2.05) is 30.3 Å². The number of anilines is 1. The molecule has 5 atom stereocenters. The second-order valence-corrected chi connectivity index (χ2v) is 14.8. The fraction of sp³-hybridized carbons (Fsp3) is 0.344. The first-order chi connectivity index (χ1) is 21.9. The number of aliphatic hydroxyl groups is 2. The average molecular weight is 687 g/mol. The summed E-state index contributed by atoms with van der Waals surface area (Å²) in [6.07, 6.45) is -3.86. The van der Waals surface area contributed by atoms with E-state index in [1.165, 1.54) is 22.3 Å². The van der Waals surface area contributed by atoms with Crippen LogP contribution in [0.1, 0.15) is 31.1 Å². The lowest BCUT2D eigenvalue weighted by molar-refractivity contribution is -0.129. The summed E-state index contributed by atoms with van der Waals surface area (Å²) in [6, 6.07) is 19.6. The summed E-state index contributed by atoms with van der Waals surface area (Å²) < 4.78 is 34.9. The van der Waals surface area contributed by atoms with E-state index in [-0.39, 0.29) is 31.0 Å². The zero-order valence-electron chi connectivity index (χ0n) is 25.2. The summed E-state index contributed by atoms with van der Waals surface area (Å²) >= 11 is 7.59. The Morgan fingerprint density at radius 3 is 2.59 bits per heavy atom. The summed E-state index contributed by atoms with van der Waals surface area (Å²) in [5.41, 5.74) is 4.17. The van der Waals surface area contributed by atoms with Gasteiger partial charge in [-0.2, -0.15) is 4.31 Å². The number of alkyl halides is 1. The molecule has 0 spiro atoms. The molecule has 11 nitrogen and oxygen atoms in total. The summed E-state index contributed by atoms with van der Waals surface area (Å²) in [5.74, 6) is -0.640. The molecule has 1 fully saturated rings. The van der Waals surface area contributed by atoms with Crippen LogP contribution in [-0.2, 0) is 26.0 Å². The maximum atomic E-state index is 13.8. The van der Waals surface area contributed by atoms with Gasteiger partial charge in [0.2, 0.25) is 10.0 Å². The van der Waals surface area contributed by atoms with Gasteiger partial charge >= 0.3 is 6.09 Å². The first-order valence-corrected chi connectivity index (χ1v) is 17.4. The number of fused-ring (bicyclic) bond motifs is 1. The van der Waals surface area contributed by atoms with Crippen LogP contribution < -0.4 is 10.2 Å². The predicted molar refractivity (Wildman–Crippen MR) is 176 cm³/mol. The summed E-state index contributed by atoms with van der Waals surface area (Å²) in [6.45, 7) is 2.72. The van der Waals surface area contributed by atoms with Crippen LogP contribution in [0.25, 0.3) is 10.2 Å². The Morgan fingerprint density at radius 2 is 1.87 bits per heavy atom. The number of thiazole rings is 1. The fourth-order valence-electron chi connectivity index (χ4n) is 5.22. The van der Waals surface area contributed by atoms with Gasteiger partial charge in [-0.25, -0.2) is 18.2 Å². The Kier molecular flexibility index (Phi) is 10.6. The highest BCUT2D eigenvalue weighted by molar-refractivity contribution is 7.89. The zero-order valence-corrected chi connectivity index (χ0v) is 27.6. The molecule has 1 aliphatic rings. The van der Waals surface area contributed by atoms with E-state index in [1.54, 1.807) is 55.8 Å². The molecule has 0 radical (unpaired) electrons. The van der Waals surface area contributed by atoms with Crippen LogP contribution in [0.5, 0.6) is 0 Å². The quantitative estimate of drug-likeness (QED) is 0.178. The number of nitrogens with zero attached hydrogens (tertiary/aromatic N) is 3. The van der Waals surface area contributed by atoms with Gasteiger partial charge in [0, 0.05) is 24.2 Å². The van der Waals surface area contributed by atoms with Crippen molar-refractivity contribution in [1.29, 1.82) is 0 Å². The fourth-order valence-corrected chi connectivity index (χ4v) is 7.84. The first kappa shape index (κ1) is 33.8. The van der Waals surface area contributed by atoms with Gasteiger partial charge in [-0.15, -0.1) is 22.9 Å². The number of carbonyl (C=O) groups excluding carboxylic acids is 2. The van der Waals surface area contributed by atoms with Gasteiger partial charge in [0.05, 0.1) is 45.4 Å². The Labute approximate surface area is 276 Å². The number of rotatable bonds is 13. The molecule has 0 saturated carbocycles. The minimum atomic E-state index is -4.10. The van der Waals surface area contributed by atoms with Gasteiger partial charge in [-0.3, -0.25) is 9.69 Å². The molecule has 2 unspecified atom stereocenters. The molecule has 1 aromatic heterocycles. The number of ether oxygens (including phenoxy) is 1. The maximum absolute atomic E-state index is 13.8. The molecule has 1 aliphatic heterocycles. The van der Waals surface area contributed by atoms with Gasteiger partial charge in [0.15, 0.2) is 6.10 Å². The number of amides is 2. The van der Waals surface area contributed by atoms with Crippen molar-refractivity contribution < 1.29 is 33.0 Å². The van der Waals surface area contributed by atoms with E-state index >= 15 is 0 Å². The normalized spacial score (nSPS) is 17.9. The Morgan fingerprint density at radius 1 is 1.11 bits per heavy atom. The maximum Gasteiger partial charge on any atom is 0.415 e. The number of halogens is 1. The van der Waals surface area contributed by atoms with Crippen molar-refractivity contribution in [3.63, 3.8) is 0 Å². The lowest BCUT2D eigenvalue weighted by Crippen LogP contribution is -2.53. The molecular formula is C32H35ClN4O7S2. The van der Waals surface area contributed by atoms with E-state index in [4.69, 9.17) is 16.3 Å². The van der Waals surface area contributed by atoms with E-state index in [0.29, 0.717) is 21.5 Å². The number of benzene rings is 3. The third-order valence-corrected chi connectivity index (χ3v) is 10.4. The highest BCUT2D eigenvalue weighted by atomic mass is 35.5. The third kappa shape index (κ3) is 7.85. The number of hydrogen-bond donors (Lipinski definition) is 3. The second kappa shape index (κ2) is 14.4. The minimum Gasteiger partial charge on any atom is -0.434 e. The third-order valence-electron chi connectivity index (χ3n) is 7.65. The van der Waals surface area contributed by atoms with Crippen molar-refractivity contribution in [1.82, 2.24) is 14.6 Å². The number of nitrogens with one attached hydrogen (secondary N) is 1. The van der Waals surface area contributed by atoms with Crippen LogP contribution in [0.4, 0.5) is 10.5 Å². The second-order valence-electron chi connectivity index (χ2n) is 11.2. The number of aliphatic hydroxyl groups excluding tert-OH is 2. The molecular weight excluding hydrogens is 652 g/mol. The van der Waals surface area contributed by atoms with Gasteiger partial charge in [-0.1, -0.05) is 42.5 Å². The number of aromatic nitrogens is 1. The van der Waals surface area contributed by atoms with Crippen molar-refractivity contribution in [2.24, 2.45) is 0 Å². The lowest BCUT2D eigenvalue weighted by Gasteiger charge is -2.30. The number of carbonyl (C=O) groups is 2. The molecule has 4 aromatic rings. The zero-order chi connectivity index (χ0) is 33.0.